The maximum atomic E-state index is 13.9. The molecule has 0 radical (unpaired) electrons. The minimum atomic E-state index is -0.556. The van der Waals surface area contributed by atoms with Crippen molar-refractivity contribution in [1.29, 1.82) is 0 Å². The quantitative estimate of drug-likeness (QED) is 0.440. The van der Waals surface area contributed by atoms with Crippen LogP contribution in [0.5, 0.6) is 0 Å². The minimum absolute atomic E-state index is 0.0572. The summed E-state index contributed by atoms with van der Waals surface area (Å²) in [4.78, 5) is 33.6. The van der Waals surface area contributed by atoms with E-state index in [0.717, 1.165) is 25.7 Å². The molecular formula is C25H27ClFN3O2. The van der Waals surface area contributed by atoms with E-state index in [9.17, 15) is 14.0 Å². The zero-order valence-corrected chi connectivity index (χ0v) is 19.1. The molecule has 1 aliphatic carbocycles. The van der Waals surface area contributed by atoms with Crippen LogP contribution in [-0.2, 0) is 4.79 Å². The van der Waals surface area contributed by atoms with Crippen LogP contribution in [0, 0.1) is 11.7 Å². The molecule has 1 unspecified atom stereocenters. The SMILES string of the molecule is CCCCN(C(=O)C1CC1)C(CC)c1nc2ccccc2c(=O)n1-c1ccc(F)c(Cl)c1. The third-order valence-corrected chi connectivity index (χ3v) is 6.28. The molecule has 5 nitrogen and oxygen atoms in total. The number of hydrogen-bond acceptors (Lipinski definition) is 3. The molecule has 1 saturated carbocycles. The van der Waals surface area contributed by atoms with Gasteiger partial charge in [-0.25, -0.2) is 9.37 Å². The lowest BCUT2D eigenvalue weighted by Crippen LogP contribution is -2.40. The summed E-state index contributed by atoms with van der Waals surface area (Å²) >= 11 is 6.06. The Balaban J connectivity index is 1.94. The Morgan fingerprint density at radius 1 is 1.25 bits per heavy atom. The van der Waals surface area contributed by atoms with Crippen LogP contribution in [0.3, 0.4) is 0 Å². The number of amides is 1. The second-order valence-corrected chi connectivity index (χ2v) is 8.72. The van der Waals surface area contributed by atoms with Gasteiger partial charge in [0.1, 0.15) is 11.6 Å². The number of halogens is 2. The number of fused-ring (bicyclic) bond motifs is 1. The molecule has 7 heteroatoms. The Morgan fingerprint density at radius 2 is 2.00 bits per heavy atom. The molecule has 3 aromatic rings. The van der Waals surface area contributed by atoms with Gasteiger partial charge >= 0.3 is 0 Å². The van der Waals surface area contributed by atoms with E-state index in [4.69, 9.17) is 16.6 Å². The number of benzene rings is 2. The van der Waals surface area contributed by atoms with E-state index in [0.29, 0.717) is 35.4 Å². The molecule has 168 valence electrons. The van der Waals surface area contributed by atoms with E-state index >= 15 is 0 Å². The molecule has 1 fully saturated rings. The monoisotopic (exact) mass is 455 g/mol. The van der Waals surface area contributed by atoms with Gasteiger partial charge in [0.15, 0.2) is 0 Å². The van der Waals surface area contributed by atoms with E-state index in [2.05, 4.69) is 6.92 Å². The van der Waals surface area contributed by atoms with Crippen LogP contribution in [0.15, 0.2) is 47.3 Å². The van der Waals surface area contributed by atoms with Crippen LogP contribution in [0.1, 0.15) is 57.8 Å². The summed E-state index contributed by atoms with van der Waals surface area (Å²) in [7, 11) is 0. The zero-order chi connectivity index (χ0) is 22.8. The fourth-order valence-electron chi connectivity index (χ4n) is 4.10. The highest BCUT2D eigenvalue weighted by atomic mass is 35.5. The molecule has 0 aliphatic heterocycles. The standard InChI is InChI=1S/C25H27ClFN3O2/c1-3-5-14-29(24(31)16-10-11-16)22(4-2)23-28-21-9-7-6-8-18(21)25(32)30(23)17-12-13-20(27)19(26)15-17/h6-9,12-13,15-16,22H,3-5,10-11,14H2,1-2H3. The van der Waals surface area contributed by atoms with Gasteiger partial charge in [0.25, 0.3) is 5.56 Å². The van der Waals surface area contributed by atoms with Crippen LogP contribution >= 0.6 is 11.6 Å². The summed E-state index contributed by atoms with van der Waals surface area (Å²) in [5, 5.41) is 0.388. The number of carbonyl (C=O) groups is 1. The van der Waals surface area contributed by atoms with Crippen molar-refractivity contribution in [2.45, 2.75) is 52.0 Å². The van der Waals surface area contributed by atoms with Crippen molar-refractivity contribution < 1.29 is 9.18 Å². The van der Waals surface area contributed by atoms with Crippen molar-refractivity contribution in [3.63, 3.8) is 0 Å². The smallest absolute Gasteiger partial charge is 0.266 e. The van der Waals surface area contributed by atoms with Crippen molar-refractivity contribution in [2.75, 3.05) is 6.54 Å². The lowest BCUT2D eigenvalue weighted by atomic mass is 10.1. The molecule has 1 amide bonds. The first-order chi connectivity index (χ1) is 15.5. The number of nitrogens with zero attached hydrogens (tertiary/aromatic N) is 3. The summed E-state index contributed by atoms with van der Waals surface area (Å²) in [5.41, 5.74) is 0.744. The van der Waals surface area contributed by atoms with Crippen molar-refractivity contribution in [1.82, 2.24) is 14.5 Å². The van der Waals surface area contributed by atoms with Crippen LogP contribution in [0.2, 0.25) is 5.02 Å². The fraction of sp³-hybridized carbons (Fsp3) is 0.400. The molecule has 2 aromatic carbocycles. The average Bonchev–Trinajstić information content (AvgIpc) is 3.64. The van der Waals surface area contributed by atoms with Crippen molar-refractivity contribution in [3.8, 4) is 5.69 Å². The largest absolute Gasteiger partial charge is 0.332 e. The van der Waals surface area contributed by atoms with E-state index < -0.39 is 5.82 Å². The van der Waals surface area contributed by atoms with Crippen LogP contribution in [-0.4, -0.2) is 26.9 Å². The maximum Gasteiger partial charge on any atom is 0.266 e. The summed E-state index contributed by atoms with van der Waals surface area (Å²) in [6, 6.07) is 11.0. The molecule has 0 bridgehead atoms. The molecule has 1 atom stereocenters. The Kier molecular flexibility index (Phi) is 6.60. The first kappa shape index (κ1) is 22.5. The second-order valence-electron chi connectivity index (χ2n) is 8.31. The third kappa shape index (κ3) is 4.29. The second kappa shape index (κ2) is 9.41. The van der Waals surface area contributed by atoms with Crippen LogP contribution < -0.4 is 5.56 Å². The number of unbranched alkanes of at least 4 members (excludes halogenated alkanes) is 1. The van der Waals surface area contributed by atoms with Crippen LogP contribution in [0.25, 0.3) is 16.6 Å². The Morgan fingerprint density at radius 3 is 2.66 bits per heavy atom. The van der Waals surface area contributed by atoms with Crippen LogP contribution in [0.4, 0.5) is 4.39 Å². The molecule has 1 aliphatic rings. The first-order valence-electron chi connectivity index (χ1n) is 11.2. The predicted octanol–water partition coefficient (Wildman–Crippen LogP) is 5.67. The van der Waals surface area contributed by atoms with Crippen molar-refractivity contribution >= 4 is 28.4 Å². The fourth-order valence-corrected chi connectivity index (χ4v) is 4.28. The number of carbonyl (C=O) groups excluding carboxylic acids is 1. The van der Waals surface area contributed by atoms with Gasteiger partial charge in [-0.05, 0) is 56.0 Å². The third-order valence-electron chi connectivity index (χ3n) is 5.99. The number of rotatable bonds is 8. The van der Waals surface area contributed by atoms with E-state index in [1.165, 1.54) is 22.8 Å². The normalized spacial score (nSPS) is 14.5. The lowest BCUT2D eigenvalue weighted by molar-refractivity contribution is -0.135. The minimum Gasteiger partial charge on any atom is -0.332 e. The predicted molar refractivity (Wildman–Crippen MR) is 125 cm³/mol. The van der Waals surface area contributed by atoms with E-state index in [1.54, 1.807) is 18.2 Å². The molecule has 0 spiro atoms. The van der Waals surface area contributed by atoms with Gasteiger partial charge in [-0.15, -0.1) is 0 Å². The Hall–Kier alpha value is -2.73. The van der Waals surface area contributed by atoms with Gasteiger partial charge in [0, 0.05) is 12.5 Å². The van der Waals surface area contributed by atoms with Gasteiger partial charge in [0.2, 0.25) is 5.91 Å². The van der Waals surface area contributed by atoms with Gasteiger partial charge in [0.05, 0.1) is 27.7 Å². The highest BCUT2D eigenvalue weighted by molar-refractivity contribution is 6.30. The summed E-state index contributed by atoms with van der Waals surface area (Å²) in [6.45, 7) is 4.69. The summed E-state index contributed by atoms with van der Waals surface area (Å²) < 4.78 is 15.4. The molecular weight excluding hydrogens is 429 g/mol. The number of aromatic nitrogens is 2. The first-order valence-corrected chi connectivity index (χ1v) is 11.6. The van der Waals surface area contributed by atoms with Gasteiger partial charge in [-0.3, -0.25) is 14.2 Å². The van der Waals surface area contributed by atoms with E-state index in [1.807, 2.05) is 17.9 Å². The average molecular weight is 456 g/mol. The lowest BCUT2D eigenvalue weighted by Gasteiger charge is -2.32. The van der Waals surface area contributed by atoms with Gasteiger partial charge in [-0.1, -0.05) is 44.0 Å². The topological polar surface area (TPSA) is 55.2 Å². The molecule has 0 N–H and O–H groups in total. The van der Waals surface area contributed by atoms with Gasteiger partial charge < -0.3 is 4.90 Å². The molecule has 32 heavy (non-hydrogen) atoms. The highest BCUT2D eigenvalue weighted by Crippen LogP contribution is 2.35. The van der Waals surface area contributed by atoms with Crippen molar-refractivity contribution in [2.24, 2.45) is 5.92 Å². The number of para-hydroxylation sites is 1. The molecule has 0 saturated heterocycles. The van der Waals surface area contributed by atoms with Crippen molar-refractivity contribution in [3.05, 3.63) is 69.5 Å². The maximum absolute atomic E-state index is 13.9. The van der Waals surface area contributed by atoms with E-state index in [-0.39, 0.29) is 28.4 Å². The molecule has 4 rings (SSSR count). The molecule has 1 heterocycles. The zero-order valence-electron chi connectivity index (χ0n) is 18.4. The highest BCUT2D eigenvalue weighted by Gasteiger charge is 2.37. The Bertz CT molecular complexity index is 1210. The number of hydrogen-bond donors (Lipinski definition) is 0. The summed E-state index contributed by atoms with van der Waals surface area (Å²) in [6.07, 6.45) is 4.24. The Labute approximate surface area is 191 Å². The molecule has 1 aromatic heterocycles. The summed E-state index contributed by atoms with van der Waals surface area (Å²) in [5.74, 6) is 0.0986. The van der Waals surface area contributed by atoms with Gasteiger partial charge in [-0.2, -0.15) is 0 Å².